The molecule has 1 unspecified atom stereocenters. The topological polar surface area (TPSA) is 63.6 Å². The Bertz CT molecular complexity index is 738. The Balaban J connectivity index is 3.78. The second kappa shape index (κ2) is 37.6. The Morgan fingerprint density at radius 1 is 0.500 bits per heavy atom. The summed E-state index contributed by atoms with van der Waals surface area (Å²) in [4.78, 5) is 23.2. The van der Waals surface area contributed by atoms with Crippen molar-refractivity contribution in [3.63, 3.8) is 0 Å². The molecule has 0 spiro atoms. The quantitative estimate of drug-likeness (QED) is 0.0419. The van der Waals surface area contributed by atoms with Gasteiger partial charge in [0.15, 0.2) is 0 Å². The molecule has 268 valence electrons. The van der Waals surface area contributed by atoms with Gasteiger partial charge in [0.1, 0.15) is 6.10 Å². The van der Waals surface area contributed by atoms with Crippen LogP contribution in [0.1, 0.15) is 213 Å². The number of carboxylic acid groups (broad SMARTS) is 1. The fourth-order valence-electron chi connectivity index (χ4n) is 5.96. The van der Waals surface area contributed by atoms with Gasteiger partial charge in [0.25, 0.3) is 0 Å². The fourth-order valence-corrected chi connectivity index (χ4v) is 5.96. The lowest BCUT2D eigenvalue weighted by molar-refractivity contribution is -0.150. The summed E-state index contributed by atoms with van der Waals surface area (Å²) in [7, 11) is 0. The molecule has 1 atom stereocenters. The Hall–Kier alpha value is -1.84. The van der Waals surface area contributed by atoms with Crippen LogP contribution in [0.2, 0.25) is 0 Å². The van der Waals surface area contributed by atoms with Crippen molar-refractivity contribution in [2.45, 2.75) is 219 Å². The first kappa shape index (κ1) is 44.2. The molecule has 0 amide bonds. The predicted molar refractivity (Wildman–Crippen MR) is 199 cm³/mol. The summed E-state index contributed by atoms with van der Waals surface area (Å²) in [5.41, 5.74) is 0. The van der Waals surface area contributed by atoms with Crippen molar-refractivity contribution < 1.29 is 19.4 Å². The number of allylic oxidation sites excluding steroid dienone is 6. The van der Waals surface area contributed by atoms with Crippen LogP contribution in [0.4, 0.5) is 0 Å². The second-order valence-corrected chi connectivity index (χ2v) is 13.4. The first-order valence-electron chi connectivity index (χ1n) is 20.0. The van der Waals surface area contributed by atoms with Crippen molar-refractivity contribution in [1.82, 2.24) is 0 Å². The third-order valence-corrected chi connectivity index (χ3v) is 8.88. The van der Waals surface area contributed by atoms with Gasteiger partial charge in [-0.05, 0) is 70.6 Å². The number of carbonyl (C=O) groups excluding carboxylic acids is 1. The maximum atomic E-state index is 12.6. The van der Waals surface area contributed by atoms with E-state index in [1.165, 1.54) is 116 Å². The molecular formula is C42H76O4. The van der Waals surface area contributed by atoms with Gasteiger partial charge in [-0.15, -0.1) is 0 Å². The first-order chi connectivity index (χ1) is 22.6. The Kier molecular flexibility index (Phi) is 36.1. The van der Waals surface area contributed by atoms with Gasteiger partial charge in [0.2, 0.25) is 0 Å². The highest BCUT2D eigenvalue weighted by Crippen LogP contribution is 2.19. The van der Waals surface area contributed by atoms with Gasteiger partial charge < -0.3 is 9.84 Å². The van der Waals surface area contributed by atoms with E-state index in [9.17, 15) is 9.59 Å². The molecule has 0 bridgehead atoms. The summed E-state index contributed by atoms with van der Waals surface area (Å²) in [5, 5.41) is 8.70. The molecule has 46 heavy (non-hydrogen) atoms. The normalized spacial score (nSPS) is 12.6. The number of unbranched alkanes of at least 4 members (excludes halogenated alkanes) is 21. The van der Waals surface area contributed by atoms with E-state index in [1.807, 2.05) is 0 Å². The second-order valence-electron chi connectivity index (χ2n) is 13.4. The lowest BCUT2D eigenvalue weighted by Gasteiger charge is -2.18. The Morgan fingerprint density at radius 2 is 0.913 bits per heavy atom. The number of ether oxygens (including phenoxy) is 1. The Morgan fingerprint density at radius 3 is 1.41 bits per heavy atom. The molecule has 0 heterocycles. The van der Waals surface area contributed by atoms with Crippen molar-refractivity contribution in [2.24, 2.45) is 0 Å². The van der Waals surface area contributed by atoms with Crippen molar-refractivity contribution >= 4 is 11.9 Å². The molecule has 0 saturated heterocycles. The average molecular weight is 645 g/mol. The van der Waals surface area contributed by atoms with Crippen molar-refractivity contribution in [3.8, 4) is 0 Å². The lowest BCUT2D eigenvalue weighted by Crippen LogP contribution is -2.18. The standard InChI is InChI=1S/C42H76O4/c1-3-5-7-9-10-11-12-13-14-15-16-17-18-19-20-25-28-31-35-39-42(45)46-40(36-32-8-6-4-2)37-33-29-26-23-21-22-24-27-30-34-38-41(43)44/h5,7,10-11,13-14,40H,3-4,6,8-9,12,15-39H2,1-2H3,(H,43,44)/b7-5-,11-10-,14-13-. The minimum absolute atomic E-state index is 0.0260. The van der Waals surface area contributed by atoms with Crippen molar-refractivity contribution in [1.29, 1.82) is 0 Å². The molecule has 0 aliphatic heterocycles. The lowest BCUT2D eigenvalue weighted by atomic mass is 10.0. The van der Waals surface area contributed by atoms with Crippen molar-refractivity contribution in [3.05, 3.63) is 36.5 Å². The third kappa shape index (κ3) is 36.6. The van der Waals surface area contributed by atoms with E-state index in [2.05, 4.69) is 50.3 Å². The molecule has 0 rings (SSSR count). The molecule has 0 radical (unpaired) electrons. The molecule has 0 aliphatic carbocycles. The highest BCUT2D eigenvalue weighted by atomic mass is 16.5. The maximum absolute atomic E-state index is 12.6. The number of carbonyl (C=O) groups is 2. The molecule has 0 aromatic heterocycles. The zero-order chi connectivity index (χ0) is 33.6. The number of carboxylic acids is 1. The number of rotatable bonds is 36. The average Bonchev–Trinajstić information content (AvgIpc) is 3.04. The number of hydrogen-bond donors (Lipinski definition) is 1. The first-order valence-corrected chi connectivity index (χ1v) is 20.0. The highest BCUT2D eigenvalue weighted by molar-refractivity contribution is 5.69. The number of esters is 1. The van der Waals surface area contributed by atoms with Gasteiger partial charge in [-0.2, -0.15) is 0 Å². The van der Waals surface area contributed by atoms with Crippen LogP contribution in [0.3, 0.4) is 0 Å². The van der Waals surface area contributed by atoms with Crippen LogP contribution in [0.5, 0.6) is 0 Å². The van der Waals surface area contributed by atoms with Gasteiger partial charge >= 0.3 is 11.9 Å². The summed E-state index contributed by atoms with van der Waals surface area (Å²) in [6, 6.07) is 0. The summed E-state index contributed by atoms with van der Waals surface area (Å²) < 4.78 is 5.99. The predicted octanol–water partition coefficient (Wildman–Crippen LogP) is 13.8. The highest BCUT2D eigenvalue weighted by Gasteiger charge is 2.14. The van der Waals surface area contributed by atoms with Gasteiger partial charge in [0, 0.05) is 12.8 Å². The third-order valence-electron chi connectivity index (χ3n) is 8.88. The SMILES string of the molecule is CC/C=C\C/C=C\C/C=C\CCCCCCCCCCCC(=O)OC(CCCCCC)CCCCCCCCCCCCC(=O)O. The van der Waals surface area contributed by atoms with E-state index in [-0.39, 0.29) is 12.1 Å². The van der Waals surface area contributed by atoms with Crippen LogP contribution in [0.25, 0.3) is 0 Å². The summed E-state index contributed by atoms with van der Waals surface area (Å²) in [6.07, 6.45) is 49.1. The van der Waals surface area contributed by atoms with Crippen LogP contribution in [0, 0.1) is 0 Å². The van der Waals surface area contributed by atoms with Gasteiger partial charge in [-0.1, -0.05) is 166 Å². The molecule has 0 aromatic carbocycles. The molecule has 0 aliphatic rings. The van der Waals surface area contributed by atoms with Crippen molar-refractivity contribution in [2.75, 3.05) is 0 Å². The number of hydrogen-bond acceptors (Lipinski definition) is 3. The van der Waals surface area contributed by atoms with Gasteiger partial charge in [-0.3, -0.25) is 9.59 Å². The van der Waals surface area contributed by atoms with E-state index in [4.69, 9.17) is 9.84 Å². The van der Waals surface area contributed by atoms with E-state index in [0.29, 0.717) is 12.8 Å². The zero-order valence-electron chi connectivity index (χ0n) is 30.6. The molecule has 0 fully saturated rings. The zero-order valence-corrected chi connectivity index (χ0v) is 30.6. The monoisotopic (exact) mass is 645 g/mol. The minimum atomic E-state index is -0.675. The Labute approximate surface area is 286 Å². The molecule has 1 N–H and O–H groups in total. The van der Waals surface area contributed by atoms with Crippen LogP contribution in [-0.2, 0) is 14.3 Å². The van der Waals surface area contributed by atoms with E-state index in [1.54, 1.807) is 0 Å². The van der Waals surface area contributed by atoms with Crippen LogP contribution in [-0.4, -0.2) is 23.1 Å². The van der Waals surface area contributed by atoms with Gasteiger partial charge in [0.05, 0.1) is 0 Å². The van der Waals surface area contributed by atoms with E-state index >= 15 is 0 Å². The van der Waals surface area contributed by atoms with E-state index < -0.39 is 5.97 Å². The smallest absolute Gasteiger partial charge is 0.306 e. The molecule has 4 heteroatoms. The van der Waals surface area contributed by atoms with Crippen LogP contribution in [0.15, 0.2) is 36.5 Å². The molecule has 0 aromatic rings. The minimum Gasteiger partial charge on any atom is -0.481 e. The molecule has 4 nitrogen and oxygen atoms in total. The maximum Gasteiger partial charge on any atom is 0.306 e. The summed E-state index contributed by atoms with van der Waals surface area (Å²) >= 11 is 0. The van der Waals surface area contributed by atoms with Crippen LogP contribution < -0.4 is 0 Å². The number of aliphatic carboxylic acids is 1. The molecular weight excluding hydrogens is 568 g/mol. The van der Waals surface area contributed by atoms with Gasteiger partial charge in [-0.25, -0.2) is 0 Å². The molecule has 0 saturated carbocycles. The van der Waals surface area contributed by atoms with Crippen LogP contribution >= 0.6 is 0 Å². The summed E-state index contributed by atoms with van der Waals surface area (Å²) in [6.45, 7) is 4.41. The summed E-state index contributed by atoms with van der Waals surface area (Å²) in [5.74, 6) is -0.649. The van der Waals surface area contributed by atoms with E-state index in [0.717, 1.165) is 70.6 Å². The largest absolute Gasteiger partial charge is 0.481 e. The fraction of sp³-hybridized carbons (Fsp3) is 0.810.